The van der Waals surface area contributed by atoms with Crippen LogP contribution in [0.15, 0.2) is 52.2 Å². The summed E-state index contributed by atoms with van der Waals surface area (Å²) in [6.07, 6.45) is 3.91. The lowest BCUT2D eigenvalue weighted by Crippen LogP contribution is -2.31. The third kappa shape index (κ3) is 4.26. The first-order chi connectivity index (χ1) is 12.6. The van der Waals surface area contributed by atoms with Gasteiger partial charge in [-0.2, -0.15) is 0 Å². The summed E-state index contributed by atoms with van der Waals surface area (Å²) in [5.74, 6) is 1.71. The molecule has 3 rings (SSSR count). The highest BCUT2D eigenvalue weighted by Crippen LogP contribution is 2.27. The van der Waals surface area contributed by atoms with Crippen molar-refractivity contribution in [2.75, 3.05) is 14.2 Å². The van der Waals surface area contributed by atoms with Gasteiger partial charge in [0.2, 0.25) is 0 Å². The second-order valence-electron chi connectivity index (χ2n) is 5.59. The van der Waals surface area contributed by atoms with E-state index in [-0.39, 0.29) is 0 Å². The zero-order valence-corrected chi connectivity index (χ0v) is 16.2. The first-order valence-electron chi connectivity index (χ1n) is 7.97. The van der Waals surface area contributed by atoms with Crippen LogP contribution in [0, 0.1) is 0 Å². The summed E-state index contributed by atoms with van der Waals surface area (Å²) in [7, 11) is 3.21. The monoisotopic (exact) mass is 417 g/mol. The predicted octanol–water partition coefficient (Wildman–Crippen LogP) is 2.72. The SMILES string of the molecule is COc1ccc(CN=C(N)NCc2cn3cc(Br)ccc3n2)cc1OC. The zero-order valence-electron chi connectivity index (χ0n) is 14.6. The molecule has 0 unspecified atom stereocenters. The summed E-state index contributed by atoms with van der Waals surface area (Å²) in [6.45, 7) is 0.942. The Bertz CT molecular complexity index is 938. The summed E-state index contributed by atoms with van der Waals surface area (Å²) in [5, 5.41) is 3.08. The van der Waals surface area contributed by atoms with E-state index in [1.54, 1.807) is 14.2 Å². The fraction of sp³-hybridized carbons (Fsp3) is 0.222. The molecule has 8 heteroatoms. The number of pyridine rings is 1. The van der Waals surface area contributed by atoms with E-state index < -0.39 is 0 Å². The maximum Gasteiger partial charge on any atom is 0.189 e. The Morgan fingerprint density at radius 3 is 2.77 bits per heavy atom. The van der Waals surface area contributed by atoms with Crippen LogP contribution >= 0.6 is 15.9 Å². The third-order valence-corrected chi connectivity index (χ3v) is 4.26. The number of guanidine groups is 1. The second-order valence-corrected chi connectivity index (χ2v) is 6.51. The van der Waals surface area contributed by atoms with Gasteiger partial charge in [0.1, 0.15) is 5.65 Å². The summed E-state index contributed by atoms with van der Waals surface area (Å²) < 4.78 is 13.5. The first kappa shape index (κ1) is 18.1. The van der Waals surface area contributed by atoms with Crippen molar-refractivity contribution in [1.29, 1.82) is 0 Å². The molecule has 1 aromatic carbocycles. The van der Waals surface area contributed by atoms with Gasteiger partial charge >= 0.3 is 0 Å². The summed E-state index contributed by atoms with van der Waals surface area (Å²) >= 11 is 3.45. The van der Waals surface area contributed by atoms with Gasteiger partial charge in [0.25, 0.3) is 0 Å². The Hall–Kier alpha value is -2.74. The van der Waals surface area contributed by atoms with Gasteiger partial charge in [0.15, 0.2) is 17.5 Å². The molecule has 136 valence electrons. The van der Waals surface area contributed by atoms with Crippen LogP contribution in [-0.2, 0) is 13.1 Å². The molecule has 26 heavy (non-hydrogen) atoms. The number of nitrogens with one attached hydrogen (secondary N) is 1. The number of rotatable bonds is 6. The molecule has 2 heterocycles. The van der Waals surface area contributed by atoms with Gasteiger partial charge in [0.05, 0.1) is 33.0 Å². The number of aliphatic imine (C=N–C) groups is 1. The quantitative estimate of drug-likeness (QED) is 0.475. The number of halogens is 1. The van der Waals surface area contributed by atoms with Crippen LogP contribution in [0.5, 0.6) is 11.5 Å². The minimum absolute atomic E-state index is 0.359. The largest absolute Gasteiger partial charge is 0.493 e. The van der Waals surface area contributed by atoms with Crippen LogP contribution in [-0.4, -0.2) is 29.6 Å². The molecule has 0 atom stereocenters. The number of benzene rings is 1. The van der Waals surface area contributed by atoms with Gasteiger partial charge in [-0.1, -0.05) is 6.07 Å². The molecule has 0 spiro atoms. The summed E-state index contributed by atoms with van der Waals surface area (Å²) in [6, 6.07) is 9.57. The number of hydrogen-bond donors (Lipinski definition) is 2. The number of nitrogens with two attached hydrogens (primary N) is 1. The Kier molecular flexibility index (Phi) is 5.62. The lowest BCUT2D eigenvalue weighted by molar-refractivity contribution is 0.354. The fourth-order valence-electron chi connectivity index (χ4n) is 2.49. The highest BCUT2D eigenvalue weighted by Gasteiger charge is 2.05. The second kappa shape index (κ2) is 8.09. The zero-order chi connectivity index (χ0) is 18.5. The first-order valence-corrected chi connectivity index (χ1v) is 8.76. The predicted molar refractivity (Wildman–Crippen MR) is 105 cm³/mol. The van der Waals surface area contributed by atoms with E-state index in [0.29, 0.717) is 30.5 Å². The van der Waals surface area contributed by atoms with Gasteiger partial charge in [0, 0.05) is 16.9 Å². The number of fused-ring (bicyclic) bond motifs is 1. The van der Waals surface area contributed by atoms with Crippen LogP contribution in [0.2, 0.25) is 0 Å². The van der Waals surface area contributed by atoms with Crippen molar-refractivity contribution in [2.24, 2.45) is 10.7 Å². The van der Waals surface area contributed by atoms with Crippen molar-refractivity contribution in [2.45, 2.75) is 13.1 Å². The van der Waals surface area contributed by atoms with Crippen LogP contribution in [0.25, 0.3) is 5.65 Å². The number of ether oxygens (including phenoxy) is 2. The van der Waals surface area contributed by atoms with Gasteiger partial charge < -0.3 is 24.9 Å². The molecule has 0 saturated carbocycles. The number of hydrogen-bond acceptors (Lipinski definition) is 4. The van der Waals surface area contributed by atoms with E-state index in [0.717, 1.165) is 21.4 Å². The maximum absolute atomic E-state index is 5.96. The molecule has 3 N–H and O–H groups in total. The normalized spacial score (nSPS) is 11.6. The lowest BCUT2D eigenvalue weighted by Gasteiger charge is -2.09. The number of nitrogens with zero attached hydrogens (tertiary/aromatic N) is 3. The van der Waals surface area contributed by atoms with E-state index in [4.69, 9.17) is 15.2 Å². The van der Waals surface area contributed by atoms with Gasteiger partial charge in [-0.05, 0) is 45.8 Å². The smallest absolute Gasteiger partial charge is 0.189 e. The number of imidazole rings is 1. The van der Waals surface area contributed by atoms with Crippen molar-refractivity contribution in [3.05, 3.63) is 58.5 Å². The molecular weight excluding hydrogens is 398 g/mol. The number of methoxy groups -OCH3 is 2. The molecule has 2 aromatic heterocycles. The van der Waals surface area contributed by atoms with E-state index in [1.165, 1.54) is 0 Å². The van der Waals surface area contributed by atoms with Gasteiger partial charge in [-0.3, -0.25) is 0 Å². The minimum Gasteiger partial charge on any atom is -0.493 e. The Balaban J connectivity index is 1.61. The molecule has 0 aliphatic rings. The molecule has 0 amide bonds. The maximum atomic E-state index is 5.96. The van der Waals surface area contributed by atoms with Crippen molar-refractivity contribution in [1.82, 2.24) is 14.7 Å². The molecule has 0 radical (unpaired) electrons. The lowest BCUT2D eigenvalue weighted by atomic mass is 10.2. The molecule has 0 saturated heterocycles. The standard InChI is InChI=1S/C18H20BrN5O2/c1-25-15-5-3-12(7-16(15)26-2)8-21-18(20)22-9-14-11-24-10-13(19)4-6-17(24)23-14/h3-7,10-11H,8-9H2,1-2H3,(H3,20,21,22). The molecule has 0 bridgehead atoms. The highest BCUT2D eigenvalue weighted by molar-refractivity contribution is 9.10. The van der Waals surface area contributed by atoms with Gasteiger partial charge in [-0.25, -0.2) is 9.98 Å². The molecule has 3 aromatic rings. The van der Waals surface area contributed by atoms with Crippen molar-refractivity contribution in [3.63, 3.8) is 0 Å². The summed E-state index contributed by atoms with van der Waals surface area (Å²) in [5.41, 5.74) is 8.69. The van der Waals surface area contributed by atoms with E-state index in [1.807, 2.05) is 47.1 Å². The van der Waals surface area contributed by atoms with Crippen molar-refractivity contribution < 1.29 is 9.47 Å². The highest BCUT2D eigenvalue weighted by atomic mass is 79.9. The fourth-order valence-corrected chi connectivity index (χ4v) is 2.85. The topological polar surface area (TPSA) is 86.2 Å². The molecule has 0 fully saturated rings. The average molecular weight is 418 g/mol. The van der Waals surface area contributed by atoms with E-state index in [2.05, 4.69) is 31.2 Å². The van der Waals surface area contributed by atoms with Crippen LogP contribution < -0.4 is 20.5 Å². The van der Waals surface area contributed by atoms with E-state index >= 15 is 0 Å². The van der Waals surface area contributed by atoms with Crippen molar-refractivity contribution >= 4 is 27.5 Å². The molecule has 7 nitrogen and oxygen atoms in total. The minimum atomic E-state index is 0.359. The molecule has 0 aliphatic carbocycles. The molecule has 0 aliphatic heterocycles. The van der Waals surface area contributed by atoms with E-state index in [9.17, 15) is 0 Å². The Morgan fingerprint density at radius 1 is 1.19 bits per heavy atom. The Labute approximate surface area is 160 Å². The van der Waals surface area contributed by atoms with Crippen LogP contribution in [0.1, 0.15) is 11.3 Å². The van der Waals surface area contributed by atoms with Crippen molar-refractivity contribution in [3.8, 4) is 11.5 Å². The van der Waals surface area contributed by atoms with Crippen LogP contribution in [0.4, 0.5) is 0 Å². The third-order valence-electron chi connectivity index (χ3n) is 3.80. The number of aromatic nitrogens is 2. The molecular formula is C18H20BrN5O2. The summed E-state index contributed by atoms with van der Waals surface area (Å²) in [4.78, 5) is 8.88. The average Bonchev–Trinajstić information content (AvgIpc) is 3.06. The van der Waals surface area contributed by atoms with Gasteiger partial charge in [-0.15, -0.1) is 0 Å². The van der Waals surface area contributed by atoms with Crippen LogP contribution in [0.3, 0.4) is 0 Å². The Morgan fingerprint density at radius 2 is 2.00 bits per heavy atom.